The Balaban J connectivity index is 0.00000162. The van der Waals surface area contributed by atoms with Crippen LogP contribution in [-0.4, -0.2) is 58.3 Å². The first-order chi connectivity index (χ1) is 15.7. The number of carbonyl (C=O) groups excluding carboxylic acids is 1. The number of pyridine rings is 1. The van der Waals surface area contributed by atoms with E-state index in [1.165, 1.54) is 31.4 Å². The summed E-state index contributed by atoms with van der Waals surface area (Å²) < 4.78 is 2.11. The van der Waals surface area contributed by atoms with Crippen LogP contribution in [0.2, 0.25) is 0 Å². The molecule has 2 aliphatic heterocycles. The van der Waals surface area contributed by atoms with Crippen molar-refractivity contribution >= 4 is 54.2 Å². The summed E-state index contributed by atoms with van der Waals surface area (Å²) in [6.07, 6.45) is 8.52. The normalized spacial score (nSPS) is 15.9. The number of likely N-dealkylation sites (N-methyl/N-ethyl adjacent to an activating group) is 1. The quantitative estimate of drug-likeness (QED) is 0.418. The second-order valence-electron chi connectivity index (χ2n) is 8.91. The highest BCUT2D eigenvalue weighted by atomic mass is 35.5. The first kappa shape index (κ1) is 26.6. The first-order valence-electron chi connectivity index (χ1n) is 11.5. The van der Waals surface area contributed by atoms with Gasteiger partial charge < -0.3 is 9.80 Å². The minimum Gasteiger partial charge on any atom is -0.341 e. The summed E-state index contributed by atoms with van der Waals surface area (Å²) >= 11 is 1.54. The molecule has 0 spiro atoms. The molecule has 1 saturated heterocycles. The van der Waals surface area contributed by atoms with Crippen molar-refractivity contribution < 1.29 is 4.79 Å². The number of piperidine rings is 1. The van der Waals surface area contributed by atoms with Gasteiger partial charge in [-0.1, -0.05) is 48.2 Å². The molecule has 34 heavy (non-hydrogen) atoms. The average molecular weight is 520 g/mol. The maximum absolute atomic E-state index is 13.2. The summed E-state index contributed by atoms with van der Waals surface area (Å²) in [5.74, 6) is 0.696. The molecule has 0 aliphatic carbocycles. The van der Waals surface area contributed by atoms with E-state index in [0.29, 0.717) is 5.92 Å². The van der Waals surface area contributed by atoms with E-state index in [1.54, 1.807) is 11.8 Å². The van der Waals surface area contributed by atoms with Gasteiger partial charge in [0.2, 0.25) is 0 Å². The molecule has 5 rings (SSSR count). The molecule has 5 nitrogen and oxygen atoms in total. The second kappa shape index (κ2) is 12.1. The van der Waals surface area contributed by atoms with Crippen LogP contribution in [0.3, 0.4) is 0 Å². The maximum Gasteiger partial charge on any atom is 0.260 e. The number of aromatic nitrogens is 2. The first-order valence-corrected chi connectivity index (χ1v) is 12.4. The Morgan fingerprint density at radius 2 is 1.85 bits per heavy atom. The minimum absolute atomic E-state index is 0. The van der Waals surface area contributed by atoms with E-state index in [9.17, 15) is 4.79 Å². The Kier molecular flexibility index (Phi) is 9.48. The highest BCUT2D eigenvalue weighted by Crippen LogP contribution is 2.35. The van der Waals surface area contributed by atoms with Gasteiger partial charge in [-0.25, -0.2) is 4.98 Å². The molecular weight excluding hydrogens is 487 g/mol. The molecular formula is C26H32Cl2N4OS. The van der Waals surface area contributed by atoms with Crippen LogP contribution in [0.5, 0.6) is 0 Å². The fourth-order valence-corrected chi connectivity index (χ4v) is 5.88. The van der Waals surface area contributed by atoms with Gasteiger partial charge in [0.1, 0.15) is 5.65 Å². The van der Waals surface area contributed by atoms with Crippen LogP contribution in [0.4, 0.5) is 0 Å². The summed E-state index contributed by atoms with van der Waals surface area (Å²) in [6.45, 7) is 4.28. The van der Waals surface area contributed by atoms with Gasteiger partial charge in [-0.3, -0.25) is 9.20 Å². The van der Waals surface area contributed by atoms with Crippen molar-refractivity contribution in [1.82, 2.24) is 19.2 Å². The minimum atomic E-state index is 0. The molecule has 2 aromatic heterocycles. The number of imidazole rings is 1. The third-order valence-electron chi connectivity index (χ3n) is 6.59. The highest BCUT2D eigenvalue weighted by molar-refractivity contribution is 8.04. The third kappa shape index (κ3) is 5.98. The highest BCUT2D eigenvalue weighted by Gasteiger charge is 2.26. The molecule has 3 aromatic rings. The van der Waals surface area contributed by atoms with E-state index in [1.807, 2.05) is 36.4 Å². The number of aryl methyl sites for hydroxylation is 1. The Bertz CT molecular complexity index is 1130. The number of hydrogen-bond donors (Lipinski definition) is 0. The molecule has 0 atom stereocenters. The zero-order chi connectivity index (χ0) is 21.9. The van der Waals surface area contributed by atoms with Crippen molar-refractivity contribution in [3.8, 4) is 0 Å². The van der Waals surface area contributed by atoms with Crippen LogP contribution < -0.4 is 0 Å². The molecule has 8 heteroatoms. The predicted molar refractivity (Wildman–Crippen MR) is 145 cm³/mol. The molecule has 1 amide bonds. The van der Waals surface area contributed by atoms with E-state index in [0.717, 1.165) is 47.3 Å². The summed E-state index contributed by atoms with van der Waals surface area (Å²) in [5, 5.41) is 1.05. The Hall–Kier alpha value is -1.99. The zero-order valence-corrected chi connectivity index (χ0v) is 21.9. The number of thioether (sulfide) groups is 1. The van der Waals surface area contributed by atoms with Crippen LogP contribution in [0, 0.1) is 5.92 Å². The predicted octanol–water partition coefficient (Wildman–Crippen LogP) is 5.43. The monoisotopic (exact) mass is 518 g/mol. The molecule has 0 unspecified atom stereocenters. The van der Waals surface area contributed by atoms with E-state index in [-0.39, 0.29) is 30.7 Å². The number of amides is 1. The molecule has 2 aliphatic rings. The van der Waals surface area contributed by atoms with Crippen LogP contribution >= 0.6 is 36.6 Å². The van der Waals surface area contributed by atoms with Crippen molar-refractivity contribution in [2.24, 2.45) is 5.92 Å². The lowest BCUT2D eigenvalue weighted by Gasteiger charge is -2.34. The standard InChI is InChI=1S/C26H30N4OS.2ClH/c1-28(26(31)23-17-22-18-27-24-10-5-11-25(32-23)30(22)24)19-21-12-15-29(16-13-21)14-6-9-20-7-3-2-4-8-20;;/h2-5,7-8,10-11,17-18,21H,6,9,12-16,19H2,1H3;2*1H. The summed E-state index contributed by atoms with van der Waals surface area (Å²) in [4.78, 5) is 22.9. The maximum atomic E-state index is 13.2. The third-order valence-corrected chi connectivity index (χ3v) is 7.63. The van der Waals surface area contributed by atoms with Gasteiger partial charge in [-0.15, -0.1) is 24.8 Å². The van der Waals surface area contributed by atoms with Gasteiger partial charge >= 0.3 is 0 Å². The number of halogens is 2. The number of hydrogen-bond acceptors (Lipinski definition) is 4. The molecule has 0 bridgehead atoms. The topological polar surface area (TPSA) is 40.8 Å². The van der Waals surface area contributed by atoms with Crippen molar-refractivity contribution in [2.45, 2.75) is 30.7 Å². The van der Waals surface area contributed by atoms with Gasteiger partial charge in [0, 0.05) is 13.6 Å². The van der Waals surface area contributed by atoms with Crippen molar-refractivity contribution in [3.63, 3.8) is 0 Å². The lowest BCUT2D eigenvalue weighted by molar-refractivity contribution is -0.125. The van der Waals surface area contributed by atoms with Crippen LogP contribution in [0.25, 0.3) is 11.7 Å². The Labute approximate surface area is 218 Å². The van der Waals surface area contributed by atoms with Gasteiger partial charge in [-0.2, -0.15) is 0 Å². The van der Waals surface area contributed by atoms with Crippen LogP contribution in [0.15, 0.2) is 64.7 Å². The van der Waals surface area contributed by atoms with Gasteiger partial charge in [0.15, 0.2) is 0 Å². The smallest absolute Gasteiger partial charge is 0.260 e. The van der Waals surface area contributed by atoms with Crippen LogP contribution in [0.1, 0.15) is 30.5 Å². The fourth-order valence-electron chi connectivity index (χ4n) is 4.79. The van der Waals surface area contributed by atoms with Crippen LogP contribution in [-0.2, 0) is 11.2 Å². The lowest BCUT2D eigenvalue weighted by atomic mass is 9.96. The van der Waals surface area contributed by atoms with Gasteiger partial charge in [0.05, 0.1) is 21.8 Å². The molecule has 4 heterocycles. The summed E-state index contributed by atoms with van der Waals surface area (Å²) in [7, 11) is 1.95. The van der Waals surface area contributed by atoms with Crippen molar-refractivity contribution in [1.29, 1.82) is 0 Å². The number of benzene rings is 1. The Morgan fingerprint density at radius 1 is 1.09 bits per heavy atom. The molecule has 182 valence electrons. The molecule has 1 fully saturated rings. The van der Waals surface area contributed by atoms with Crippen molar-refractivity contribution in [3.05, 3.63) is 70.9 Å². The molecule has 0 radical (unpaired) electrons. The average Bonchev–Trinajstić information content (AvgIpc) is 3.25. The van der Waals surface area contributed by atoms with Gasteiger partial charge in [0.25, 0.3) is 5.91 Å². The fraction of sp³-hybridized carbons (Fsp3) is 0.385. The number of nitrogens with zero attached hydrogens (tertiary/aromatic N) is 4. The van der Waals surface area contributed by atoms with E-state index in [2.05, 4.69) is 50.7 Å². The number of carbonyl (C=O) groups is 1. The second-order valence-corrected chi connectivity index (χ2v) is 9.97. The van der Waals surface area contributed by atoms with E-state index >= 15 is 0 Å². The largest absolute Gasteiger partial charge is 0.341 e. The Morgan fingerprint density at radius 3 is 2.62 bits per heavy atom. The number of rotatable bonds is 7. The molecule has 0 saturated carbocycles. The van der Waals surface area contributed by atoms with E-state index in [4.69, 9.17) is 0 Å². The summed E-state index contributed by atoms with van der Waals surface area (Å²) in [6, 6.07) is 16.8. The SMILES string of the molecule is CN(CC1CCN(CCCc2ccccc2)CC1)C(=O)C1=Cc2cnc3cccc(n23)S1.Cl.Cl. The zero-order valence-electron chi connectivity index (χ0n) is 19.4. The lowest BCUT2D eigenvalue weighted by Crippen LogP contribution is -2.40. The van der Waals surface area contributed by atoms with Crippen molar-refractivity contribution in [2.75, 3.05) is 33.2 Å². The summed E-state index contributed by atoms with van der Waals surface area (Å²) in [5.41, 5.74) is 3.34. The molecule has 0 N–H and O–H groups in total. The van der Waals surface area contributed by atoms with Gasteiger partial charge in [-0.05, 0) is 75.0 Å². The number of likely N-dealkylation sites (tertiary alicyclic amines) is 1. The molecule has 1 aromatic carbocycles. The van der Waals surface area contributed by atoms with E-state index < -0.39 is 0 Å².